The number of fused-ring (bicyclic) bond motifs is 4. The van der Waals surface area contributed by atoms with Crippen molar-refractivity contribution in [3.63, 3.8) is 0 Å². The maximum absolute atomic E-state index is 12.6. The number of hydrogen-bond acceptors (Lipinski definition) is 7. The van der Waals surface area contributed by atoms with Crippen LogP contribution < -0.4 is 20.9 Å². The van der Waals surface area contributed by atoms with Gasteiger partial charge in [-0.1, -0.05) is 6.07 Å². The van der Waals surface area contributed by atoms with E-state index in [1.807, 2.05) is 0 Å². The number of thiophene rings is 1. The third-order valence-electron chi connectivity index (χ3n) is 5.11. The van der Waals surface area contributed by atoms with Crippen LogP contribution >= 0.6 is 11.3 Å². The first-order chi connectivity index (χ1) is 14.9. The molecular formula is C19H17N5O5S2. The topological polar surface area (TPSA) is 133 Å². The summed E-state index contributed by atoms with van der Waals surface area (Å²) in [6.07, 6.45) is 1.60. The number of aromatic nitrogens is 2. The number of nitrogens with one attached hydrogen (secondary N) is 3. The van der Waals surface area contributed by atoms with Crippen molar-refractivity contribution < 1.29 is 18.5 Å². The second-order valence-corrected chi connectivity index (χ2v) is 9.62. The standard InChI is InChI=1S/C19H17N5O5S2/c1-31(28)24-6-10-13(7-24)30-19-15(10)17(26)22-16(23-19)18(27)20-5-9-2-3-12-11(4-9)21-14(25)8-29-12/h2-4H,5-8H2,1H3,(H,20,27)(H,21,25)(H,22,23,26). The van der Waals surface area contributed by atoms with E-state index in [1.54, 1.807) is 28.8 Å². The fraction of sp³-hybridized carbons (Fsp3) is 0.263. The van der Waals surface area contributed by atoms with Crippen LogP contribution in [0.25, 0.3) is 10.2 Å². The van der Waals surface area contributed by atoms with Gasteiger partial charge < -0.3 is 20.4 Å². The summed E-state index contributed by atoms with van der Waals surface area (Å²) in [4.78, 5) is 45.0. The third kappa shape index (κ3) is 3.62. The first kappa shape index (κ1) is 19.8. The summed E-state index contributed by atoms with van der Waals surface area (Å²) in [7, 11) is -1.12. The van der Waals surface area contributed by atoms with Gasteiger partial charge in [0.05, 0.1) is 22.1 Å². The fourth-order valence-corrected chi connectivity index (χ4v) is 5.50. The van der Waals surface area contributed by atoms with Gasteiger partial charge in [-0.2, -0.15) is 0 Å². The van der Waals surface area contributed by atoms with Gasteiger partial charge >= 0.3 is 0 Å². The average Bonchev–Trinajstić information content (AvgIpc) is 3.29. The van der Waals surface area contributed by atoms with Crippen LogP contribution in [0.1, 0.15) is 26.6 Å². The molecule has 5 rings (SSSR count). The van der Waals surface area contributed by atoms with Gasteiger partial charge in [-0.05, 0) is 23.3 Å². The molecule has 2 amide bonds. The molecule has 1 atom stereocenters. The van der Waals surface area contributed by atoms with E-state index in [0.717, 1.165) is 16.0 Å². The van der Waals surface area contributed by atoms with Crippen molar-refractivity contribution in [2.75, 3.05) is 18.2 Å². The Hall–Kier alpha value is -3.09. The van der Waals surface area contributed by atoms with Crippen molar-refractivity contribution in [3.8, 4) is 5.75 Å². The minimum Gasteiger partial charge on any atom is -0.482 e. The summed E-state index contributed by atoms with van der Waals surface area (Å²) in [6, 6.07) is 5.23. The van der Waals surface area contributed by atoms with Crippen LogP contribution in [0.5, 0.6) is 5.75 Å². The Morgan fingerprint density at radius 2 is 2.19 bits per heavy atom. The highest BCUT2D eigenvalue weighted by Gasteiger charge is 2.28. The Balaban J connectivity index is 1.34. The molecule has 3 N–H and O–H groups in total. The van der Waals surface area contributed by atoms with Gasteiger partial charge in [0.25, 0.3) is 17.4 Å². The molecule has 2 aliphatic heterocycles. The SMILES string of the molecule is CS(=O)N1Cc2sc3nc(C(=O)NCc4ccc5c(c4)NC(=O)CO5)[nH]c(=O)c3c2C1. The van der Waals surface area contributed by atoms with Gasteiger partial charge in [0, 0.05) is 30.8 Å². The Labute approximate surface area is 182 Å². The van der Waals surface area contributed by atoms with Crippen molar-refractivity contribution in [1.29, 1.82) is 0 Å². The van der Waals surface area contributed by atoms with Gasteiger partial charge in [-0.3, -0.25) is 14.4 Å². The highest BCUT2D eigenvalue weighted by atomic mass is 32.2. The van der Waals surface area contributed by atoms with Gasteiger partial charge in [0.15, 0.2) is 6.61 Å². The molecule has 12 heteroatoms. The van der Waals surface area contributed by atoms with E-state index in [1.165, 1.54) is 11.3 Å². The molecule has 2 aliphatic rings. The monoisotopic (exact) mass is 459 g/mol. The molecule has 0 radical (unpaired) electrons. The lowest BCUT2D eigenvalue weighted by Crippen LogP contribution is -2.28. The number of amides is 2. The zero-order valence-electron chi connectivity index (χ0n) is 16.3. The first-order valence-electron chi connectivity index (χ1n) is 9.36. The van der Waals surface area contributed by atoms with Gasteiger partial charge in [0.1, 0.15) is 10.6 Å². The van der Waals surface area contributed by atoms with Crippen LogP contribution in [-0.4, -0.2) is 43.2 Å². The van der Waals surface area contributed by atoms with Gasteiger partial charge in [-0.15, -0.1) is 11.3 Å². The van der Waals surface area contributed by atoms with Crippen molar-refractivity contribution in [2.45, 2.75) is 19.6 Å². The maximum atomic E-state index is 12.6. The molecule has 2 aromatic heterocycles. The van der Waals surface area contributed by atoms with Crippen molar-refractivity contribution >= 4 is 50.0 Å². The summed E-state index contributed by atoms with van der Waals surface area (Å²) in [5.74, 6) is -0.243. The summed E-state index contributed by atoms with van der Waals surface area (Å²) in [6.45, 7) is 1.08. The maximum Gasteiger partial charge on any atom is 0.287 e. The average molecular weight is 460 g/mol. The number of aromatic amines is 1. The number of ether oxygens (including phenoxy) is 1. The molecular weight excluding hydrogens is 442 g/mol. The van der Waals surface area contributed by atoms with Crippen LogP contribution in [0, 0.1) is 0 Å². The second kappa shape index (κ2) is 7.55. The lowest BCUT2D eigenvalue weighted by atomic mass is 10.1. The Bertz CT molecular complexity index is 1330. The van der Waals surface area contributed by atoms with Crippen LogP contribution in [-0.2, 0) is 35.4 Å². The van der Waals surface area contributed by atoms with Gasteiger partial charge in [-0.25, -0.2) is 13.5 Å². The normalized spacial score (nSPS) is 16.4. The second-order valence-electron chi connectivity index (χ2n) is 7.17. The Morgan fingerprint density at radius 1 is 1.35 bits per heavy atom. The third-order valence-corrected chi connectivity index (χ3v) is 7.20. The van der Waals surface area contributed by atoms with E-state index in [2.05, 4.69) is 20.6 Å². The molecule has 3 aromatic rings. The largest absolute Gasteiger partial charge is 0.482 e. The molecule has 0 aliphatic carbocycles. The number of rotatable bonds is 4. The molecule has 1 aromatic carbocycles. The summed E-state index contributed by atoms with van der Waals surface area (Å²) < 4.78 is 18.8. The van der Waals surface area contributed by atoms with Crippen molar-refractivity contribution in [2.24, 2.45) is 0 Å². The predicted octanol–water partition coefficient (Wildman–Crippen LogP) is 0.855. The highest BCUT2D eigenvalue weighted by molar-refractivity contribution is 7.81. The minimum absolute atomic E-state index is 0.0227. The molecule has 1 unspecified atom stereocenters. The van der Waals surface area contributed by atoms with E-state index in [-0.39, 0.29) is 30.4 Å². The Kier molecular flexibility index (Phi) is 4.84. The molecule has 0 bridgehead atoms. The van der Waals surface area contributed by atoms with Crippen LogP contribution in [0.15, 0.2) is 23.0 Å². The summed E-state index contributed by atoms with van der Waals surface area (Å²) in [5, 5.41) is 5.90. The van der Waals surface area contributed by atoms with Crippen LogP contribution in [0.3, 0.4) is 0 Å². The van der Waals surface area contributed by atoms with Gasteiger partial charge in [0.2, 0.25) is 5.82 Å². The lowest BCUT2D eigenvalue weighted by Gasteiger charge is -2.18. The molecule has 4 heterocycles. The molecule has 160 valence electrons. The van der Waals surface area contributed by atoms with E-state index in [4.69, 9.17) is 4.74 Å². The predicted molar refractivity (Wildman–Crippen MR) is 115 cm³/mol. The van der Waals surface area contributed by atoms with Crippen molar-refractivity contribution in [3.05, 3.63) is 50.4 Å². The van der Waals surface area contributed by atoms with E-state index < -0.39 is 16.9 Å². The van der Waals surface area contributed by atoms with Crippen LogP contribution in [0.4, 0.5) is 5.69 Å². The highest BCUT2D eigenvalue weighted by Crippen LogP contribution is 2.35. The summed E-state index contributed by atoms with van der Waals surface area (Å²) in [5.41, 5.74) is 1.74. The smallest absolute Gasteiger partial charge is 0.287 e. The Morgan fingerprint density at radius 3 is 3.00 bits per heavy atom. The number of hydrogen-bond donors (Lipinski definition) is 3. The number of anilines is 1. The first-order valence-corrected chi connectivity index (χ1v) is 11.7. The fourth-order valence-electron chi connectivity index (χ4n) is 3.59. The molecule has 0 spiro atoms. The van der Waals surface area contributed by atoms with E-state index in [0.29, 0.717) is 34.7 Å². The number of carbonyl (C=O) groups is 2. The lowest BCUT2D eigenvalue weighted by molar-refractivity contribution is -0.118. The van der Waals surface area contributed by atoms with Crippen LogP contribution in [0.2, 0.25) is 0 Å². The van der Waals surface area contributed by atoms with E-state index in [9.17, 15) is 18.6 Å². The molecule has 0 saturated carbocycles. The molecule has 10 nitrogen and oxygen atoms in total. The number of H-pyrrole nitrogens is 1. The zero-order valence-corrected chi connectivity index (χ0v) is 17.9. The number of benzene rings is 1. The number of carbonyl (C=O) groups excluding carboxylic acids is 2. The molecule has 0 fully saturated rings. The summed E-state index contributed by atoms with van der Waals surface area (Å²) >= 11 is 1.34. The van der Waals surface area contributed by atoms with Crippen molar-refractivity contribution in [1.82, 2.24) is 19.6 Å². The quantitative estimate of drug-likeness (QED) is 0.530. The molecule has 0 saturated heterocycles. The minimum atomic E-state index is -1.12. The number of nitrogens with zero attached hydrogens (tertiary/aromatic N) is 2. The van der Waals surface area contributed by atoms with E-state index >= 15 is 0 Å². The molecule has 31 heavy (non-hydrogen) atoms. The zero-order chi connectivity index (χ0) is 21.7.